The zero-order valence-corrected chi connectivity index (χ0v) is 13.1. The molecule has 23 heavy (non-hydrogen) atoms. The van der Waals surface area contributed by atoms with Crippen LogP contribution in [0.3, 0.4) is 0 Å². The second-order valence-electron chi connectivity index (χ2n) is 4.87. The van der Waals surface area contributed by atoms with Crippen LogP contribution in [0.15, 0.2) is 41.5 Å². The highest BCUT2D eigenvalue weighted by atomic mass is 16.5. The van der Waals surface area contributed by atoms with E-state index in [2.05, 4.69) is 10.3 Å². The van der Waals surface area contributed by atoms with Crippen molar-refractivity contribution in [2.45, 2.75) is 13.5 Å². The van der Waals surface area contributed by atoms with Gasteiger partial charge < -0.3 is 14.8 Å². The summed E-state index contributed by atoms with van der Waals surface area (Å²) in [6.45, 7) is 2.34. The number of methoxy groups -OCH3 is 1. The van der Waals surface area contributed by atoms with Gasteiger partial charge in [-0.1, -0.05) is 0 Å². The van der Waals surface area contributed by atoms with E-state index in [1.165, 1.54) is 17.0 Å². The van der Waals surface area contributed by atoms with Gasteiger partial charge in [-0.2, -0.15) is 0 Å². The lowest BCUT2D eigenvalue weighted by Crippen LogP contribution is -2.34. The first-order chi connectivity index (χ1) is 11.1. The van der Waals surface area contributed by atoms with Crippen molar-refractivity contribution in [3.05, 3.63) is 52.7 Å². The van der Waals surface area contributed by atoms with Crippen LogP contribution in [-0.2, 0) is 11.3 Å². The van der Waals surface area contributed by atoms with Gasteiger partial charge in [0.05, 0.1) is 20.0 Å². The number of rotatable bonds is 7. The average Bonchev–Trinajstić information content (AvgIpc) is 2.55. The molecule has 0 unspecified atom stereocenters. The maximum absolute atomic E-state index is 11.8. The third-order valence-electron chi connectivity index (χ3n) is 3.08. The molecule has 0 aliphatic heterocycles. The monoisotopic (exact) mass is 317 g/mol. The molecule has 0 spiro atoms. The summed E-state index contributed by atoms with van der Waals surface area (Å²) in [5.41, 5.74) is 0.377. The van der Waals surface area contributed by atoms with Crippen molar-refractivity contribution in [1.82, 2.24) is 14.9 Å². The number of carbonyl (C=O) groups excluding carboxylic acids is 1. The number of benzene rings is 1. The highest BCUT2D eigenvalue weighted by Crippen LogP contribution is 2.16. The number of nitrogens with one attached hydrogen (secondary N) is 1. The van der Waals surface area contributed by atoms with Crippen LogP contribution in [-0.4, -0.2) is 35.7 Å². The van der Waals surface area contributed by atoms with Gasteiger partial charge >= 0.3 is 0 Å². The van der Waals surface area contributed by atoms with Crippen molar-refractivity contribution in [2.24, 2.45) is 0 Å². The fraction of sp³-hybridized carbons (Fsp3) is 0.312. The molecule has 0 saturated heterocycles. The topological polar surface area (TPSA) is 82.4 Å². The van der Waals surface area contributed by atoms with E-state index in [4.69, 9.17) is 9.47 Å². The minimum absolute atomic E-state index is 0.0609. The summed E-state index contributed by atoms with van der Waals surface area (Å²) in [5, 5.41) is 2.69. The van der Waals surface area contributed by atoms with E-state index < -0.39 is 0 Å². The molecular formula is C16H19N3O4. The Morgan fingerprint density at radius 3 is 2.61 bits per heavy atom. The molecule has 1 aromatic heterocycles. The van der Waals surface area contributed by atoms with E-state index in [1.807, 2.05) is 0 Å². The minimum Gasteiger partial charge on any atom is -0.497 e. The fourth-order valence-electron chi connectivity index (χ4n) is 1.88. The molecule has 1 N–H and O–H groups in total. The molecule has 1 amide bonds. The number of ether oxygens (including phenoxy) is 2. The van der Waals surface area contributed by atoms with Crippen molar-refractivity contribution in [3.8, 4) is 11.5 Å². The van der Waals surface area contributed by atoms with Crippen molar-refractivity contribution in [2.75, 3.05) is 20.3 Å². The molecule has 122 valence electrons. The molecule has 0 aliphatic carbocycles. The van der Waals surface area contributed by atoms with Crippen LogP contribution in [0, 0.1) is 6.92 Å². The quantitative estimate of drug-likeness (QED) is 0.762. The lowest BCUT2D eigenvalue weighted by atomic mass is 10.3. The Hall–Kier alpha value is -2.83. The Balaban J connectivity index is 1.73. The summed E-state index contributed by atoms with van der Waals surface area (Å²) < 4.78 is 11.8. The molecule has 0 radical (unpaired) electrons. The van der Waals surface area contributed by atoms with Gasteiger partial charge in [-0.3, -0.25) is 14.2 Å². The lowest BCUT2D eigenvalue weighted by molar-refractivity contribution is -0.121. The smallest absolute Gasteiger partial charge is 0.253 e. The number of hydrogen-bond acceptors (Lipinski definition) is 5. The normalized spacial score (nSPS) is 10.2. The van der Waals surface area contributed by atoms with Crippen LogP contribution in [0.5, 0.6) is 11.5 Å². The number of aryl methyl sites for hydroxylation is 1. The van der Waals surface area contributed by atoms with E-state index >= 15 is 0 Å². The van der Waals surface area contributed by atoms with Crippen molar-refractivity contribution >= 4 is 5.91 Å². The molecule has 2 aromatic rings. The van der Waals surface area contributed by atoms with Gasteiger partial charge in [-0.05, 0) is 31.2 Å². The van der Waals surface area contributed by atoms with Gasteiger partial charge in [0.1, 0.15) is 24.7 Å². The van der Waals surface area contributed by atoms with Gasteiger partial charge in [0, 0.05) is 11.8 Å². The van der Waals surface area contributed by atoms with Gasteiger partial charge in [-0.25, -0.2) is 4.98 Å². The number of aromatic nitrogens is 2. The molecule has 0 bridgehead atoms. The third kappa shape index (κ3) is 5.14. The fourth-order valence-corrected chi connectivity index (χ4v) is 1.88. The molecule has 1 aromatic carbocycles. The van der Waals surface area contributed by atoms with Crippen LogP contribution in [0.25, 0.3) is 0 Å². The molecule has 2 rings (SSSR count). The first-order valence-corrected chi connectivity index (χ1v) is 7.15. The van der Waals surface area contributed by atoms with Crippen molar-refractivity contribution < 1.29 is 14.3 Å². The summed E-state index contributed by atoms with van der Waals surface area (Å²) in [7, 11) is 1.60. The first-order valence-electron chi connectivity index (χ1n) is 7.15. The number of nitrogens with zero attached hydrogens (tertiary/aromatic N) is 2. The minimum atomic E-state index is -0.268. The molecule has 0 fully saturated rings. The number of amides is 1. The SMILES string of the molecule is COc1ccc(OCCNC(=O)Cn2cnc(C)cc2=O)cc1. The van der Waals surface area contributed by atoms with Gasteiger partial charge in [0.15, 0.2) is 0 Å². The van der Waals surface area contributed by atoms with Crippen LogP contribution in [0.2, 0.25) is 0 Å². The number of hydrogen-bond donors (Lipinski definition) is 1. The zero-order valence-electron chi connectivity index (χ0n) is 13.1. The second kappa shape index (κ2) is 7.98. The molecule has 7 nitrogen and oxygen atoms in total. The Kier molecular flexibility index (Phi) is 5.74. The molecule has 0 aliphatic rings. The van der Waals surface area contributed by atoms with Gasteiger partial charge in [0.2, 0.25) is 5.91 Å². The van der Waals surface area contributed by atoms with E-state index in [-0.39, 0.29) is 18.0 Å². The van der Waals surface area contributed by atoms with E-state index in [1.54, 1.807) is 38.3 Å². The van der Waals surface area contributed by atoms with Gasteiger partial charge in [0.25, 0.3) is 5.56 Å². The van der Waals surface area contributed by atoms with E-state index in [0.717, 1.165) is 5.75 Å². The van der Waals surface area contributed by atoms with E-state index in [0.29, 0.717) is 24.6 Å². The first kappa shape index (κ1) is 16.5. The third-order valence-corrected chi connectivity index (χ3v) is 3.08. The second-order valence-corrected chi connectivity index (χ2v) is 4.87. The van der Waals surface area contributed by atoms with Crippen molar-refractivity contribution in [3.63, 3.8) is 0 Å². The van der Waals surface area contributed by atoms with Crippen LogP contribution in [0.4, 0.5) is 0 Å². The van der Waals surface area contributed by atoms with Crippen LogP contribution < -0.4 is 20.3 Å². The Morgan fingerprint density at radius 2 is 1.96 bits per heavy atom. The van der Waals surface area contributed by atoms with Gasteiger partial charge in [-0.15, -0.1) is 0 Å². The largest absolute Gasteiger partial charge is 0.497 e. The summed E-state index contributed by atoms with van der Waals surface area (Å²) in [6.07, 6.45) is 1.37. The maximum Gasteiger partial charge on any atom is 0.253 e. The Bertz CT molecular complexity index is 710. The molecular weight excluding hydrogens is 298 g/mol. The summed E-state index contributed by atoms with van der Waals surface area (Å²) >= 11 is 0. The van der Waals surface area contributed by atoms with E-state index in [9.17, 15) is 9.59 Å². The summed E-state index contributed by atoms with van der Waals surface area (Å²) in [4.78, 5) is 27.4. The standard InChI is InChI=1S/C16H19N3O4/c1-12-9-16(21)19(11-18-12)10-15(20)17-7-8-23-14-5-3-13(22-2)4-6-14/h3-6,9,11H,7-8,10H2,1-2H3,(H,17,20). The van der Waals surface area contributed by atoms with Crippen LogP contribution >= 0.6 is 0 Å². The van der Waals surface area contributed by atoms with Crippen molar-refractivity contribution in [1.29, 1.82) is 0 Å². The highest BCUT2D eigenvalue weighted by Gasteiger charge is 2.04. The molecule has 1 heterocycles. The lowest BCUT2D eigenvalue weighted by Gasteiger charge is -2.09. The molecule has 0 saturated carbocycles. The molecule has 0 atom stereocenters. The predicted octanol–water partition coefficient (Wildman–Crippen LogP) is 0.756. The average molecular weight is 317 g/mol. The Morgan fingerprint density at radius 1 is 1.26 bits per heavy atom. The number of carbonyl (C=O) groups is 1. The maximum atomic E-state index is 11.8. The predicted molar refractivity (Wildman–Crippen MR) is 84.7 cm³/mol. The van der Waals surface area contributed by atoms with Crippen LogP contribution in [0.1, 0.15) is 5.69 Å². The Labute approximate surface area is 133 Å². The highest BCUT2D eigenvalue weighted by molar-refractivity contribution is 5.75. The zero-order chi connectivity index (χ0) is 16.7. The molecule has 7 heteroatoms. The summed E-state index contributed by atoms with van der Waals surface area (Å²) in [6, 6.07) is 8.56. The summed E-state index contributed by atoms with van der Waals surface area (Å²) in [5.74, 6) is 1.18.